The maximum Gasteiger partial charge on any atom is 0.119 e. The average Bonchev–Trinajstić information content (AvgIpc) is 2.74. The predicted molar refractivity (Wildman–Crippen MR) is 116 cm³/mol. The van der Waals surface area contributed by atoms with Crippen LogP contribution in [0.5, 0.6) is 5.75 Å². The first kappa shape index (κ1) is 22.4. The van der Waals surface area contributed by atoms with E-state index in [9.17, 15) is 0 Å². The molecule has 0 saturated heterocycles. The van der Waals surface area contributed by atoms with Gasteiger partial charge in [0, 0.05) is 0 Å². The number of aryl methyl sites for hydroxylation is 1. The fourth-order valence-electron chi connectivity index (χ4n) is 3.06. The minimum Gasteiger partial charge on any atom is -0.491 e. The van der Waals surface area contributed by atoms with E-state index in [0.29, 0.717) is 33.0 Å². The smallest absolute Gasteiger partial charge is 0.119 e. The van der Waals surface area contributed by atoms with Crippen LogP contribution in [0.25, 0.3) is 0 Å². The third-order valence-electron chi connectivity index (χ3n) is 4.72. The number of benzene rings is 2. The highest BCUT2D eigenvalue weighted by atomic mass is 16.5. The summed E-state index contributed by atoms with van der Waals surface area (Å²) in [5.74, 6) is 0.913. The summed E-state index contributed by atoms with van der Waals surface area (Å²) in [4.78, 5) is 0. The summed E-state index contributed by atoms with van der Waals surface area (Å²) in [6, 6.07) is 18.7. The molecule has 0 aliphatic heterocycles. The van der Waals surface area contributed by atoms with Crippen LogP contribution in [0.3, 0.4) is 0 Å². The molecule has 0 aliphatic rings. The molecule has 154 valence electrons. The highest BCUT2D eigenvalue weighted by Crippen LogP contribution is 2.15. The number of hydrogen-bond acceptors (Lipinski definition) is 3. The van der Waals surface area contributed by atoms with Gasteiger partial charge in [-0.25, -0.2) is 0 Å². The molecule has 0 atom stereocenters. The quantitative estimate of drug-likeness (QED) is 0.322. The van der Waals surface area contributed by atoms with E-state index >= 15 is 0 Å². The molecule has 0 fully saturated rings. The fourth-order valence-corrected chi connectivity index (χ4v) is 3.06. The van der Waals surface area contributed by atoms with E-state index in [2.05, 4.69) is 43.3 Å². The molecule has 0 aromatic heterocycles. The van der Waals surface area contributed by atoms with Gasteiger partial charge in [0.05, 0.1) is 26.4 Å². The van der Waals surface area contributed by atoms with Crippen molar-refractivity contribution in [3.05, 3.63) is 65.7 Å². The molecule has 3 nitrogen and oxygen atoms in total. The van der Waals surface area contributed by atoms with Crippen molar-refractivity contribution in [2.75, 3.05) is 26.4 Å². The first-order valence-corrected chi connectivity index (χ1v) is 10.8. The van der Waals surface area contributed by atoms with Crippen molar-refractivity contribution in [3.63, 3.8) is 0 Å². The Balaban J connectivity index is 1.44. The molecule has 2 aromatic carbocycles. The zero-order valence-electron chi connectivity index (χ0n) is 17.4. The Labute approximate surface area is 171 Å². The number of unbranched alkanes of at least 4 members (excludes halogenated alkanes) is 5. The molecule has 0 unspecified atom stereocenters. The first-order chi connectivity index (χ1) is 13.9. The topological polar surface area (TPSA) is 27.7 Å². The average molecular weight is 385 g/mol. The number of hydrogen-bond donors (Lipinski definition) is 0. The minimum atomic E-state index is 0.565. The van der Waals surface area contributed by atoms with Gasteiger partial charge in [-0.05, 0) is 36.1 Å². The summed E-state index contributed by atoms with van der Waals surface area (Å²) in [6.45, 7) is 5.22. The highest BCUT2D eigenvalue weighted by Gasteiger charge is 1.98. The molecule has 0 amide bonds. The van der Waals surface area contributed by atoms with Gasteiger partial charge in [-0.15, -0.1) is 0 Å². The van der Waals surface area contributed by atoms with Crippen LogP contribution in [0, 0.1) is 0 Å². The maximum atomic E-state index is 5.74. The van der Waals surface area contributed by atoms with Crippen LogP contribution in [0.4, 0.5) is 0 Å². The lowest BCUT2D eigenvalue weighted by Gasteiger charge is -2.09. The lowest BCUT2D eigenvalue weighted by molar-refractivity contribution is 0.0303. The van der Waals surface area contributed by atoms with E-state index in [1.807, 2.05) is 18.2 Å². The summed E-state index contributed by atoms with van der Waals surface area (Å²) >= 11 is 0. The zero-order chi connectivity index (χ0) is 19.7. The normalized spacial score (nSPS) is 10.9. The highest BCUT2D eigenvalue weighted by molar-refractivity contribution is 5.27. The molecule has 2 aromatic rings. The van der Waals surface area contributed by atoms with Crippen LogP contribution in [-0.2, 0) is 22.5 Å². The summed E-state index contributed by atoms with van der Waals surface area (Å²) in [5, 5.41) is 0. The molecule has 0 saturated carbocycles. The number of rotatable bonds is 16. The Morgan fingerprint density at radius 3 is 2.07 bits per heavy atom. The Morgan fingerprint density at radius 1 is 0.607 bits per heavy atom. The summed E-state index contributed by atoms with van der Waals surface area (Å²) in [6.07, 6.45) is 9.22. The molecule has 0 spiro atoms. The lowest BCUT2D eigenvalue weighted by atomic mass is 10.0. The lowest BCUT2D eigenvalue weighted by Crippen LogP contribution is -2.10. The third-order valence-corrected chi connectivity index (χ3v) is 4.72. The van der Waals surface area contributed by atoms with Crippen molar-refractivity contribution in [3.8, 4) is 5.75 Å². The van der Waals surface area contributed by atoms with Crippen LogP contribution in [0.1, 0.15) is 56.6 Å². The van der Waals surface area contributed by atoms with Gasteiger partial charge in [0.2, 0.25) is 0 Å². The van der Waals surface area contributed by atoms with E-state index in [-0.39, 0.29) is 0 Å². The van der Waals surface area contributed by atoms with Crippen LogP contribution in [0.15, 0.2) is 54.6 Å². The SMILES string of the molecule is CCCCCCCCc1ccc(OCCOCCOCc2ccccc2)cc1. The van der Waals surface area contributed by atoms with Gasteiger partial charge in [0.1, 0.15) is 12.4 Å². The van der Waals surface area contributed by atoms with Gasteiger partial charge in [0.15, 0.2) is 0 Å². The predicted octanol–water partition coefficient (Wildman–Crippen LogP) is 6.20. The molecule has 0 N–H and O–H groups in total. The second-order valence-corrected chi connectivity index (χ2v) is 7.16. The molecular formula is C25H36O3. The van der Waals surface area contributed by atoms with Gasteiger partial charge < -0.3 is 14.2 Å². The monoisotopic (exact) mass is 384 g/mol. The van der Waals surface area contributed by atoms with E-state index < -0.39 is 0 Å². The standard InChI is InChI=1S/C25H36O3/c1-2-3-4-5-6-8-11-23-14-16-25(17-15-23)28-21-20-26-18-19-27-22-24-12-9-7-10-13-24/h7,9-10,12-17H,2-6,8,11,18-22H2,1H3. The van der Waals surface area contributed by atoms with Gasteiger partial charge >= 0.3 is 0 Å². The summed E-state index contributed by atoms with van der Waals surface area (Å²) in [5.41, 5.74) is 2.58. The van der Waals surface area contributed by atoms with Crippen LogP contribution >= 0.6 is 0 Å². The van der Waals surface area contributed by atoms with E-state index in [1.54, 1.807) is 0 Å². The van der Waals surface area contributed by atoms with Crippen molar-refractivity contribution in [2.24, 2.45) is 0 Å². The Bertz CT molecular complexity index is 595. The Kier molecular flexibility index (Phi) is 12.1. The largest absolute Gasteiger partial charge is 0.491 e. The first-order valence-electron chi connectivity index (χ1n) is 10.8. The molecular weight excluding hydrogens is 348 g/mol. The molecule has 0 radical (unpaired) electrons. The van der Waals surface area contributed by atoms with Gasteiger partial charge in [-0.1, -0.05) is 81.5 Å². The molecule has 2 rings (SSSR count). The van der Waals surface area contributed by atoms with E-state index in [4.69, 9.17) is 14.2 Å². The minimum absolute atomic E-state index is 0.565. The van der Waals surface area contributed by atoms with Crippen molar-refractivity contribution >= 4 is 0 Å². The zero-order valence-corrected chi connectivity index (χ0v) is 17.4. The van der Waals surface area contributed by atoms with Crippen LogP contribution < -0.4 is 4.74 Å². The Hall–Kier alpha value is -1.84. The number of ether oxygens (including phenoxy) is 3. The summed E-state index contributed by atoms with van der Waals surface area (Å²) in [7, 11) is 0. The van der Waals surface area contributed by atoms with Crippen LogP contribution in [0.2, 0.25) is 0 Å². The summed E-state index contributed by atoms with van der Waals surface area (Å²) < 4.78 is 16.9. The Morgan fingerprint density at radius 2 is 1.29 bits per heavy atom. The molecule has 0 heterocycles. The molecule has 28 heavy (non-hydrogen) atoms. The second kappa shape index (κ2) is 15.1. The van der Waals surface area contributed by atoms with Gasteiger partial charge in [-0.2, -0.15) is 0 Å². The van der Waals surface area contributed by atoms with E-state index in [0.717, 1.165) is 5.75 Å². The van der Waals surface area contributed by atoms with Crippen molar-refractivity contribution in [1.82, 2.24) is 0 Å². The third kappa shape index (κ3) is 10.5. The van der Waals surface area contributed by atoms with Crippen LogP contribution in [-0.4, -0.2) is 26.4 Å². The molecule has 3 heteroatoms. The van der Waals surface area contributed by atoms with Gasteiger partial charge in [0.25, 0.3) is 0 Å². The molecule has 0 aliphatic carbocycles. The second-order valence-electron chi connectivity index (χ2n) is 7.16. The van der Waals surface area contributed by atoms with Gasteiger partial charge in [-0.3, -0.25) is 0 Å². The maximum absolute atomic E-state index is 5.74. The van der Waals surface area contributed by atoms with Crippen molar-refractivity contribution in [1.29, 1.82) is 0 Å². The fraction of sp³-hybridized carbons (Fsp3) is 0.520. The molecule has 0 bridgehead atoms. The van der Waals surface area contributed by atoms with Crippen molar-refractivity contribution < 1.29 is 14.2 Å². The van der Waals surface area contributed by atoms with Crippen molar-refractivity contribution in [2.45, 2.75) is 58.5 Å². The van der Waals surface area contributed by atoms with E-state index in [1.165, 1.54) is 56.1 Å².